The molecule has 4 aromatic carbocycles. The Morgan fingerprint density at radius 2 is 0.738 bits per heavy atom. The van der Waals surface area contributed by atoms with Crippen LogP contribution in [0.5, 0.6) is 0 Å². The van der Waals surface area contributed by atoms with E-state index in [9.17, 15) is 0 Å². The molecule has 4 nitrogen and oxygen atoms in total. The average molecular weight is 597 g/mol. The average Bonchev–Trinajstić information content (AvgIpc) is 2.96. The lowest BCUT2D eigenvalue weighted by Gasteiger charge is -2.35. The van der Waals surface area contributed by atoms with E-state index in [1.54, 1.807) is 0 Å². The van der Waals surface area contributed by atoms with Crippen molar-refractivity contribution in [3.8, 4) is 0 Å². The fourth-order valence-electron chi connectivity index (χ4n) is 5.94. The van der Waals surface area contributed by atoms with E-state index in [0.29, 0.717) is 11.8 Å². The Hall–Kier alpha value is -2.90. The standard InChI is InChI=1S/2C18H22N2S/c2*1-14(12-19(2)3)13-20-15-8-4-6-10-17(15)21-18-11-7-5-9-16(18)20/h2*4-11,14H,12-13H2,1-3H3. The van der Waals surface area contributed by atoms with E-state index in [1.807, 2.05) is 23.5 Å². The predicted octanol–water partition coefficient (Wildman–Crippen LogP) is 8.97. The number of nitrogens with zero attached hydrogens (tertiary/aromatic N) is 4. The molecule has 6 rings (SSSR count). The molecule has 220 valence electrons. The van der Waals surface area contributed by atoms with Crippen LogP contribution >= 0.6 is 23.5 Å². The molecule has 0 saturated carbocycles. The van der Waals surface area contributed by atoms with Crippen LogP contribution in [0, 0.1) is 11.8 Å². The van der Waals surface area contributed by atoms with Crippen LogP contribution in [0.2, 0.25) is 0 Å². The molecule has 0 radical (unpaired) electrons. The van der Waals surface area contributed by atoms with Gasteiger partial charge in [0.2, 0.25) is 0 Å². The number of rotatable bonds is 8. The Morgan fingerprint density at radius 1 is 0.476 bits per heavy atom. The van der Waals surface area contributed by atoms with Crippen molar-refractivity contribution in [2.45, 2.75) is 33.4 Å². The molecular weight excluding hydrogens is 553 g/mol. The van der Waals surface area contributed by atoms with Gasteiger partial charge in [-0.1, -0.05) is 85.9 Å². The van der Waals surface area contributed by atoms with Gasteiger partial charge in [-0.15, -0.1) is 0 Å². The molecule has 0 amide bonds. The molecule has 0 bridgehead atoms. The van der Waals surface area contributed by atoms with E-state index in [1.165, 1.54) is 42.3 Å². The molecule has 2 aliphatic rings. The Labute approximate surface area is 261 Å². The van der Waals surface area contributed by atoms with Crippen molar-refractivity contribution in [3.05, 3.63) is 97.1 Å². The minimum Gasteiger partial charge on any atom is -0.339 e. The lowest BCUT2D eigenvalue weighted by Crippen LogP contribution is -2.31. The van der Waals surface area contributed by atoms with Crippen LogP contribution in [0.15, 0.2) is 117 Å². The molecule has 0 saturated heterocycles. The summed E-state index contributed by atoms with van der Waals surface area (Å²) in [6.45, 7) is 8.96. The van der Waals surface area contributed by atoms with Gasteiger partial charge in [0.1, 0.15) is 0 Å². The number of hydrogen-bond acceptors (Lipinski definition) is 6. The largest absolute Gasteiger partial charge is 0.339 e. The SMILES string of the molecule is CC(CN(C)C)CN1c2ccccc2Sc2ccccc21.CC(CN(C)C)CN1c2ccccc2Sc2ccccc21. The summed E-state index contributed by atoms with van der Waals surface area (Å²) >= 11 is 3.75. The normalized spacial score (nSPS) is 14.8. The highest BCUT2D eigenvalue weighted by molar-refractivity contribution is 8.00. The molecule has 0 spiro atoms. The highest BCUT2D eigenvalue weighted by Crippen LogP contribution is 2.49. The summed E-state index contributed by atoms with van der Waals surface area (Å²) in [7, 11) is 8.57. The monoisotopic (exact) mass is 596 g/mol. The Bertz CT molecular complexity index is 1270. The Kier molecular flexibility index (Phi) is 10.2. The topological polar surface area (TPSA) is 13.0 Å². The quantitative estimate of drug-likeness (QED) is 0.200. The highest BCUT2D eigenvalue weighted by atomic mass is 32.2. The van der Waals surface area contributed by atoms with E-state index in [4.69, 9.17) is 0 Å². The van der Waals surface area contributed by atoms with E-state index in [-0.39, 0.29) is 0 Å². The lowest BCUT2D eigenvalue weighted by atomic mass is 10.1. The lowest BCUT2D eigenvalue weighted by molar-refractivity contribution is 0.342. The van der Waals surface area contributed by atoms with Crippen LogP contribution in [0.3, 0.4) is 0 Å². The molecule has 2 atom stereocenters. The van der Waals surface area contributed by atoms with Crippen molar-refractivity contribution in [1.29, 1.82) is 0 Å². The van der Waals surface area contributed by atoms with Crippen molar-refractivity contribution in [2.24, 2.45) is 11.8 Å². The van der Waals surface area contributed by atoms with Crippen molar-refractivity contribution in [3.63, 3.8) is 0 Å². The maximum atomic E-state index is 2.48. The third kappa shape index (κ3) is 7.35. The second-order valence-corrected chi connectivity index (χ2v) is 14.2. The molecule has 4 aromatic rings. The first-order valence-electron chi connectivity index (χ1n) is 14.9. The van der Waals surface area contributed by atoms with Crippen LogP contribution in [-0.2, 0) is 0 Å². The van der Waals surface area contributed by atoms with Crippen LogP contribution < -0.4 is 9.80 Å². The van der Waals surface area contributed by atoms with Crippen LogP contribution in [-0.4, -0.2) is 64.2 Å². The molecule has 2 unspecified atom stereocenters. The highest BCUT2D eigenvalue weighted by Gasteiger charge is 2.25. The summed E-state index contributed by atoms with van der Waals surface area (Å²) in [5, 5.41) is 0. The fraction of sp³-hybridized carbons (Fsp3) is 0.333. The molecule has 6 heteroatoms. The maximum Gasteiger partial charge on any atom is 0.0552 e. The van der Waals surface area contributed by atoms with E-state index < -0.39 is 0 Å². The molecule has 2 heterocycles. The number of para-hydroxylation sites is 4. The van der Waals surface area contributed by atoms with Gasteiger partial charge in [-0.25, -0.2) is 0 Å². The summed E-state index contributed by atoms with van der Waals surface area (Å²) in [5.74, 6) is 1.23. The maximum absolute atomic E-state index is 2.48. The minimum absolute atomic E-state index is 0.615. The third-order valence-electron chi connectivity index (χ3n) is 7.41. The number of hydrogen-bond donors (Lipinski definition) is 0. The van der Waals surface area contributed by atoms with Gasteiger partial charge in [-0.2, -0.15) is 0 Å². The molecule has 0 aromatic heterocycles. The first-order valence-corrected chi connectivity index (χ1v) is 16.5. The molecule has 0 fully saturated rings. The van der Waals surface area contributed by atoms with Gasteiger partial charge >= 0.3 is 0 Å². The van der Waals surface area contributed by atoms with Crippen LogP contribution in [0.4, 0.5) is 22.7 Å². The first kappa shape index (κ1) is 30.6. The molecule has 2 aliphatic heterocycles. The summed E-state index contributed by atoms with van der Waals surface area (Å²) in [4.78, 5) is 14.9. The molecule has 0 aliphatic carbocycles. The number of anilines is 4. The first-order chi connectivity index (χ1) is 20.3. The van der Waals surface area contributed by atoms with Crippen molar-refractivity contribution in [2.75, 3.05) is 64.2 Å². The third-order valence-corrected chi connectivity index (χ3v) is 9.67. The van der Waals surface area contributed by atoms with Gasteiger partial charge in [0.15, 0.2) is 0 Å². The predicted molar refractivity (Wildman–Crippen MR) is 183 cm³/mol. The summed E-state index contributed by atoms with van der Waals surface area (Å²) in [5.41, 5.74) is 5.36. The fourth-order valence-corrected chi connectivity index (χ4v) is 8.13. The smallest absolute Gasteiger partial charge is 0.0552 e. The zero-order valence-corrected chi connectivity index (χ0v) is 27.5. The summed E-state index contributed by atoms with van der Waals surface area (Å²) in [6, 6.07) is 34.9. The summed E-state index contributed by atoms with van der Waals surface area (Å²) < 4.78 is 0. The van der Waals surface area contributed by atoms with Crippen molar-refractivity contribution >= 4 is 46.3 Å². The van der Waals surface area contributed by atoms with Gasteiger partial charge in [0.05, 0.1) is 22.7 Å². The number of benzene rings is 4. The number of fused-ring (bicyclic) bond motifs is 4. The molecular formula is C36H44N4S2. The zero-order valence-electron chi connectivity index (χ0n) is 25.8. The Balaban J connectivity index is 0.000000168. The molecule has 42 heavy (non-hydrogen) atoms. The van der Waals surface area contributed by atoms with Crippen LogP contribution in [0.1, 0.15) is 13.8 Å². The van der Waals surface area contributed by atoms with Crippen molar-refractivity contribution in [1.82, 2.24) is 9.80 Å². The van der Waals surface area contributed by atoms with Gasteiger partial charge in [-0.3, -0.25) is 0 Å². The van der Waals surface area contributed by atoms with E-state index in [2.05, 4.69) is 159 Å². The van der Waals surface area contributed by atoms with E-state index in [0.717, 1.165) is 26.2 Å². The second kappa shape index (κ2) is 14.0. The molecule has 0 N–H and O–H groups in total. The van der Waals surface area contributed by atoms with Crippen molar-refractivity contribution < 1.29 is 0 Å². The van der Waals surface area contributed by atoms with Gasteiger partial charge in [0, 0.05) is 45.8 Å². The second-order valence-electron chi connectivity index (χ2n) is 12.0. The zero-order chi connectivity index (χ0) is 29.6. The summed E-state index contributed by atoms with van der Waals surface area (Å²) in [6.07, 6.45) is 0. The minimum atomic E-state index is 0.615. The van der Waals surface area contributed by atoms with Crippen LogP contribution in [0.25, 0.3) is 0 Å². The van der Waals surface area contributed by atoms with E-state index >= 15 is 0 Å². The van der Waals surface area contributed by atoms with Gasteiger partial charge < -0.3 is 19.6 Å². The Morgan fingerprint density at radius 3 is 1.00 bits per heavy atom. The van der Waals surface area contributed by atoms with Gasteiger partial charge in [0.25, 0.3) is 0 Å². The van der Waals surface area contributed by atoms with Gasteiger partial charge in [-0.05, 0) is 88.6 Å².